The van der Waals surface area contributed by atoms with E-state index in [1.807, 2.05) is 6.07 Å². The van der Waals surface area contributed by atoms with Crippen molar-refractivity contribution in [3.05, 3.63) is 53.9 Å². The van der Waals surface area contributed by atoms with Crippen LogP contribution < -0.4 is 0 Å². The monoisotopic (exact) mass is 250 g/mol. The fourth-order valence-corrected chi connectivity index (χ4v) is 2.44. The lowest BCUT2D eigenvalue weighted by Gasteiger charge is -2.29. The molecule has 0 spiro atoms. The molecule has 0 amide bonds. The van der Waals surface area contributed by atoms with Crippen LogP contribution in [0.25, 0.3) is 5.57 Å². The largest absolute Gasteiger partial charge is 0.239 e. The molecule has 0 heterocycles. The van der Waals surface area contributed by atoms with Crippen molar-refractivity contribution in [3.8, 4) is 0 Å². The average molecular weight is 250 g/mol. The van der Waals surface area contributed by atoms with Gasteiger partial charge in [-0.05, 0) is 36.1 Å². The summed E-state index contributed by atoms with van der Waals surface area (Å²) in [5, 5.41) is 0. The summed E-state index contributed by atoms with van der Waals surface area (Å²) in [6.07, 6.45) is 1.55. The van der Waals surface area contributed by atoms with E-state index < -0.39 is 23.6 Å². The molecular formula is C15H13F3. The third-order valence-corrected chi connectivity index (χ3v) is 3.65. The highest BCUT2D eigenvalue weighted by Crippen LogP contribution is 2.52. The molecule has 2 aliphatic rings. The van der Waals surface area contributed by atoms with E-state index in [1.54, 1.807) is 24.3 Å². The van der Waals surface area contributed by atoms with Gasteiger partial charge in [-0.3, -0.25) is 0 Å². The molecule has 2 aliphatic carbocycles. The van der Waals surface area contributed by atoms with Crippen LogP contribution in [0.5, 0.6) is 0 Å². The highest BCUT2D eigenvalue weighted by atomic mass is 19.2. The molecule has 0 saturated heterocycles. The predicted octanol–water partition coefficient (Wildman–Crippen LogP) is 4.39. The topological polar surface area (TPSA) is 0 Å². The summed E-state index contributed by atoms with van der Waals surface area (Å²) in [5.74, 6) is -1.48. The highest BCUT2D eigenvalue weighted by Gasteiger charge is 2.56. The van der Waals surface area contributed by atoms with Crippen molar-refractivity contribution in [2.45, 2.75) is 24.7 Å². The lowest BCUT2D eigenvalue weighted by atomic mass is 9.85. The minimum Gasteiger partial charge on any atom is -0.239 e. The fraction of sp³-hybridized carbons (Fsp3) is 0.333. The summed E-state index contributed by atoms with van der Waals surface area (Å²) < 4.78 is 42.3. The van der Waals surface area contributed by atoms with Gasteiger partial charge >= 0.3 is 0 Å². The zero-order valence-electron chi connectivity index (χ0n) is 9.74. The second-order valence-electron chi connectivity index (χ2n) is 4.92. The van der Waals surface area contributed by atoms with Crippen molar-refractivity contribution >= 4 is 5.57 Å². The average Bonchev–Trinajstić information content (AvgIpc) is 3.21. The molecule has 0 radical (unpaired) electrons. The van der Waals surface area contributed by atoms with Gasteiger partial charge in [0.1, 0.15) is 5.83 Å². The van der Waals surface area contributed by atoms with Gasteiger partial charge in [0.25, 0.3) is 0 Å². The van der Waals surface area contributed by atoms with Gasteiger partial charge in [-0.1, -0.05) is 30.3 Å². The van der Waals surface area contributed by atoms with Crippen molar-refractivity contribution in [1.82, 2.24) is 0 Å². The van der Waals surface area contributed by atoms with E-state index in [1.165, 1.54) is 6.08 Å². The standard InChI is InChI=1S/C15H13F3/c16-13-8-11(10-4-2-1-3-5-10)9-14(17)15(13,18)12-6-7-12/h1-5,8-9,12-13H,6-7H2. The molecule has 18 heavy (non-hydrogen) atoms. The van der Waals surface area contributed by atoms with Gasteiger partial charge in [0.2, 0.25) is 0 Å². The Hall–Kier alpha value is -1.51. The maximum absolute atomic E-state index is 14.4. The van der Waals surface area contributed by atoms with E-state index in [4.69, 9.17) is 0 Å². The van der Waals surface area contributed by atoms with Crippen LogP contribution in [0.4, 0.5) is 13.2 Å². The molecule has 1 aromatic carbocycles. The lowest BCUT2D eigenvalue weighted by molar-refractivity contribution is 0.0659. The summed E-state index contributed by atoms with van der Waals surface area (Å²) in [6.45, 7) is 0. The van der Waals surface area contributed by atoms with Gasteiger partial charge in [-0.25, -0.2) is 13.2 Å². The second kappa shape index (κ2) is 4.01. The molecule has 0 aromatic heterocycles. The molecule has 0 bridgehead atoms. The van der Waals surface area contributed by atoms with E-state index in [9.17, 15) is 13.2 Å². The molecule has 0 aliphatic heterocycles. The van der Waals surface area contributed by atoms with Crippen LogP contribution in [-0.2, 0) is 0 Å². The Morgan fingerprint density at radius 2 is 1.78 bits per heavy atom. The van der Waals surface area contributed by atoms with Crippen molar-refractivity contribution in [2.75, 3.05) is 0 Å². The first kappa shape index (κ1) is 11.6. The fourth-order valence-electron chi connectivity index (χ4n) is 2.44. The van der Waals surface area contributed by atoms with Gasteiger partial charge in [0, 0.05) is 5.92 Å². The number of halogens is 3. The molecule has 1 aromatic rings. The van der Waals surface area contributed by atoms with Gasteiger partial charge in [-0.2, -0.15) is 0 Å². The normalized spacial score (nSPS) is 31.8. The quantitative estimate of drug-likeness (QED) is 0.730. The van der Waals surface area contributed by atoms with E-state index >= 15 is 0 Å². The van der Waals surface area contributed by atoms with Crippen LogP contribution in [0, 0.1) is 5.92 Å². The Bertz CT molecular complexity index is 514. The summed E-state index contributed by atoms with van der Waals surface area (Å²) in [7, 11) is 0. The van der Waals surface area contributed by atoms with E-state index in [-0.39, 0.29) is 0 Å². The molecule has 3 heteroatoms. The van der Waals surface area contributed by atoms with Gasteiger partial charge in [-0.15, -0.1) is 0 Å². The number of hydrogen-bond donors (Lipinski definition) is 0. The van der Waals surface area contributed by atoms with Gasteiger partial charge < -0.3 is 0 Å². The minimum absolute atomic E-state index is 0.412. The Morgan fingerprint density at radius 3 is 2.33 bits per heavy atom. The summed E-state index contributed by atoms with van der Waals surface area (Å²) in [6, 6.07) is 8.90. The number of rotatable bonds is 2. The van der Waals surface area contributed by atoms with E-state index in [2.05, 4.69) is 0 Å². The minimum atomic E-state index is -2.43. The second-order valence-corrected chi connectivity index (χ2v) is 4.92. The number of benzene rings is 1. The molecule has 2 atom stereocenters. The number of hydrogen-bond acceptors (Lipinski definition) is 0. The van der Waals surface area contributed by atoms with E-state index in [0.717, 1.165) is 6.08 Å². The first-order valence-electron chi connectivity index (χ1n) is 6.10. The Labute approximate surface area is 104 Å². The zero-order valence-corrected chi connectivity index (χ0v) is 9.74. The van der Waals surface area contributed by atoms with Crippen LogP contribution >= 0.6 is 0 Å². The molecule has 1 fully saturated rings. The highest BCUT2D eigenvalue weighted by molar-refractivity contribution is 5.77. The number of alkyl halides is 2. The third kappa shape index (κ3) is 1.69. The van der Waals surface area contributed by atoms with E-state index in [0.29, 0.717) is 24.0 Å². The van der Waals surface area contributed by atoms with Crippen LogP contribution in [0.3, 0.4) is 0 Å². The van der Waals surface area contributed by atoms with Crippen LogP contribution in [0.1, 0.15) is 18.4 Å². The Morgan fingerprint density at radius 1 is 1.11 bits per heavy atom. The summed E-state index contributed by atoms with van der Waals surface area (Å²) >= 11 is 0. The maximum atomic E-state index is 14.4. The summed E-state index contributed by atoms with van der Waals surface area (Å²) in [4.78, 5) is 0. The molecule has 3 rings (SSSR count). The van der Waals surface area contributed by atoms with Crippen molar-refractivity contribution in [1.29, 1.82) is 0 Å². The third-order valence-electron chi connectivity index (χ3n) is 3.65. The van der Waals surface area contributed by atoms with Crippen LogP contribution in [0.15, 0.2) is 48.3 Å². The Kier molecular flexibility index (Phi) is 2.58. The molecular weight excluding hydrogens is 237 g/mol. The first-order valence-corrected chi connectivity index (χ1v) is 6.10. The van der Waals surface area contributed by atoms with Crippen molar-refractivity contribution in [3.63, 3.8) is 0 Å². The van der Waals surface area contributed by atoms with Crippen molar-refractivity contribution < 1.29 is 13.2 Å². The smallest absolute Gasteiger partial charge is 0.199 e. The predicted molar refractivity (Wildman–Crippen MR) is 65.1 cm³/mol. The maximum Gasteiger partial charge on any atom is 0.199 e. The van der Waals surface area contributed by atoms with Gasteiger partial charge in [0.05, 0.1) is 0 Å². The molecule has 0 N–H and O–H groups in total. The number of allylic oxidation sites excluding steroid dienone is 4. The lowest BCUT2D eigenvalue weighted by Crippen LogP contribution is -2.39. The zero-order chi connectivity index (χ0) is 12.8. The Balaban J connectivity index is 1.97. The summed E-state index contributed by atoms with van der Waals surface area (Å²) in [5.41, 5.74) is -1.32. The molecule has 1 saturated carbocycles. The van der Waals surface area contributed by atoms with Crippen molar-refractivity contribution in [2.24, 2.45) is 5.92 Å². The van der Waals surface area contributed by atoms with Gasteiger partial charge in [0.15, 0.2) is 11.8 Å². The molecule has 94 valence electrons. The van der Waals surface area contributed by atoms with Crippen LogP contribution in [0.2, 0.25) is 0 Å². The molecule has 0 nitrogen and oxygen atoms in total. The SMILES string of the molecule is FC1=CC(c2ccccc2)=CC(F)C1(F)C1CC1. The first-order chi connectivity index (χ1) is 8.62. The molecule has 2 unspecified atom stereocenters. The van der Waals surface area contributed by atoms with Crippen LogP contribution in [-0.4, -0.2) is 11.8 Å².